The lowest BCUT2D eigenvalue weighted by molar-refractivity contribution is 0.405. The van der Waals surface area contributed by atoms with E-state index in [-0.39, 0.29) is 6.04 Å². The number of nitrogens with zero attached hydrogens (tertiary/aromatic N) is 5. The molecule has 1 aromatic carbocycles. The summed E-state index contributed by atoms with van der Waals surface area (Å²) in [5.74, 6) is 2.96. The standard InChI is InChI=1S/C22H22N6OS/c1-29-18-7-3-2-5-16(18)17-6-4-10-28(17)19-13-24-20(14-8-9-14)21(26-19)27-22-25-12-15(11-23)30-22/h2-3,5,7,12-14,17H,4,6,8-10H2,1H3,(H,25,26,27). The van der Waals surface area contributed by atoms with Crippen LogP contribution in [0.15, 0.2) is 36.7 Å². The van der Waals surface area contributed by atoms with Crippen LogP contribution in [0.1, 0.15) is 53.8 Å². The maximum Gasteiger partial charge on any atom is 0.189 e. The molecule has 1 atom stereocenters. The molecule has 1 aliphatic heterocycles. The molecule has 1 aliphatic carbocycles. The first-order valence-corrected chi connectivity index (χ1v) is 11.0. The first kappa shape index (κ1) is 18.8. The molecule has 0 amide bonds. The second-order valence-electron chi connectivity index (χ2n) is 7.60. The second kappa shape index (κ2) is 7.92. The molecule has 1 saturated carbocycles. The molecule has 0 bridgehead atoms. The molecule has 2 aromatic heterocycles. The van der Waals surface area contributed by atoms with Gasteiger partial charge < -0.3 is 15.0 Å². The zero-order chi connectivity index (χ0) is 20.5. The van der Waals surface area contributed by atoms with E-state index in [2.05, 4.69) is 33.4 Å². The van der Waals surface area contributed by atoms with Crippen molar-refractivity contribution < 1.29 is 4.74 Å². The van der Waals surface area contributed by atoms with Gasteiger partial charge in [-0.2, -0.15) is 5.26 Å². The van der Waals surface area contributed by atoms with Crippen molar-refractivity contribution in [2.24, 2.45) is 0 Å². The Hall–Kier alpha value is -3.18. The quantitative estimate of drug-likeness (QED) is 0.616. The van der Waals surface area contributed by atoms with Crippen molar-refractivity contribution in [1.82, 2.24) is 15.0 Å². The third-order valence-electron chi connectivity index (χ3n) is 5.64. The van der Waals surface area contributed by atoms with Crippen molar-refractivity contribution >= 4 is 28.1 Å². The molecular formula is C22H22N6OS. The maximum atomic E-state index is 9.09. The number of methoxy groups -OCH3 is 1. The molecule has 0 spiro atoms. The summed E-state index contributed by atoms with van der Waals surface area (Å²) in [4.78, 5) is 17.0. The van der Waals surface area contributed by atoms with Crippen LogP contribution in [0.3, 0.4) is 0 Å². The summed E-state index contributed by atoms with van der Waals surface area (Å²) in [5, 5.41) is 13.1. The highest BCUT2D eigenvalue weighted by Gasteiger charge is 2.32. The van der Waals surface area contributed by atoms with Crippen molar-refractivity contribution in [3.05, 3.63) is 52.8 Å². The van der Waals surface area contributed by atoms with Crippen molar-refractivity contribution in [2.45, 2.75) is 37.6 Å². The van der Waals surface area contributed by atoms with Crippen LogP contribution in [0.2, 0.25) is 0 Å². The van der Waals surface area contributed by atoms with Crippen LogP contribution in [-0.4, -0.2) is 28.6 Å². The Morgan fingerprint density at radius 1 is 1.20 bits per heavy atom. The fourth-order valence-electron chi connectivity index (χ4n) is 4.07. The smallest absolute Gasteiger partial charge is 0.189 e. The minimum absolute atomic E-state index is 0.208. The van der Waals surface area contributed by atoms with Crippen LogP contribution < -0.4 is 15.0 Å². The largest absolute Gasteiger partial charge is 0.496 e. The summed E-state index contributed by atoms with van der Waals surface area (Å²) >= 11 is 1.33. The van der Waals surface area contributed by atoms with Gasteiger partial charge in [-0.05, 0) is 31.7 Å². The number of benzene rings is 1. The lowest BCUT2D eigenvalue weighted by Gasteiger charge is -2.27. The first-order chi connectivity index (χ1) is 14.8. The summed E-state index contributed by atoms with van der Waals surface area (Å²) in [6.45, 7) is 0.926. The summed E-state index contributed by atoms with van der Waals surface area (Å²) in [6.07, 6.45) is 7.90. The van der Waals surface area contributed by atoms with Crippen LogP contribution >= 0.6 is 11.3 Å². The van der Waals surface area contributed by atoms with E-state index in [0.29, 0.717) is 15.9 Å². The number of anilines is 3. The number of nitriles is 1. The summed E-state index contributed by atoms with van der Waals surface area (Å²) in [7, 11) is 1.72. The fraction of sp³-hybridized carbons (Fsp3) is 0.364. The average molecular weight is 419 g/mol. The first-order valence-electron chi connectivity index (χ1n) is 10.2. The van der Waals surface area contributed by atoms with Crippen molar-refractivity contribution in [3.8, 4) is 11.8 Å². The molecule has 8 heteroatoms. The number of rotatable bonds is 6. The number of nitrogens with one attached hydrogen (secondary N) is 1. The van der Waals surface area contributed by atoms with Gasteiger partial charge in [-0.25, -0.2) is 9.97 Å². The minimum Gasteiger partial charge on any atom is -0.496 e. The molecule has 0 radical (unpaired) electrons. The molecule has 3 heterocycles. The molecule has 1 saturated heterocycles. The lowest BCUT2D eigenvalue weighted by atomic mass is 10.0. The third-order valence-corrected chi connectivity index (χ3v) is 6.46. The minimum atomic E-state index is 0.208. The Kier molecular flexibility index (Phi) is 4.97. The van der Waals surface area contributed by atoms with Gasteiger partial charge in [0.25, 0.3) is 0 Å². The van der Waals surface area contributed by atoms with Crippen LogP contribution in [-0.2, 0) is 0 Å². The SMILES string of the molecule is COc1ccccc1C1CCCN1c1cnc(C2CC2)c(Nc2ncc(C#N)s2)n1. The number of ether oxygens (including phenoxy) is 1. The Morgan fingerprint density at radius 3 is 2.83 bits per heavy atom. The van der Waals surface area contributed by atoms with E-state index in [9.17, 15) is 0 Å². The Morgan fingerprint density at radius 2 is 2.07 bits per heavy atom. The number of aromatic nitrogens is 3. The van der Waals surface area contributed by atoms with E-state index in [1.807, 2.05) is 18.3 Å². The number of hydrogen-bond acceptors (Lipinski definition) is 8. The van der Waals surface area contributed by atoms with Gasteiger partial charge in [0.05, 0.1) is 31.2 Å². The predicted octanol–water partition coefficient (Wildman–Crippen LogP) is 4.78. The molecule has 5 rings (SSSR count). The monoisotopic (exact) mass is 418 g/mol. The van der Waals surface area contributed by atoms with Crippen LogP contribution in [0.25, 0.3) is 0 Å². The molecule has 152 valence electrons. The normalized spacial score (nSPS) is 18.3. The Labute approximate surface area is 179 Å². The van der Waals surface area contributed by atoms with E-state index < -0.39 is 0 Å². The van der Waals surface area contributed by atoms with Gasteiger partial charge in [-0.15, -0.1) is 0 Å². The van der Waals surface area contributed by atoms with E-state index in [1.165, 1.54) is 16.9 Å². The topological polar surface area (TPSA) is 87.0 Å². The number of para-hydroxylation sites is 1. The van der Waals surface area contributed by atoms with Crippen molar-refractivity contribution in [2.75, 3.05) is 23.9 Å². The highest BCUT2D eigenvalue weighted by Crippen LogP contribution is 2.44. The van der Waals surface area contributed by atoms with Gasteiger partial charge in [-0.3, -0.25) is 4.98 Å². The predicted molar refractivity (Wildman–Crippen MR) is 116 cm³/mol. The molecule has 3 aromatic rings. The average Bonchev–Trinajstić information content (AvgIpc) is 3.33. The van der Waals surface area contributed by atoms with Crippen molar-refractivity contribution in [1.29, 1.82) is 5.26 Å². The van der Waals surface area contributed by atoms with E-state index in [1.54, 1.807) is 13.3 Å². The number of hydrogen-bond donors (Lipinski definition) is 1. The van der Waals surface area contributed by atoms with Gasteiger partial charge in [0, 0.05) is 18.0 Å². The zero-order valence-electron chi connectivity index (χ0n) is 16.7. The molecule has 1 unspecified atom stereocenters. The molecule has 1 N–H and O–H groups in total. The van der Waals surface area contributed by atoms with Crippen LogP contribution in [0, 0.1) is 11.3 Å². The highest BCUT2D eigenvalue weighted by molar-refractivity contribution is 7.16. The van der Waals surface area contributed by atoms with E-state index in [4.69, 9.17) is 20.0 Å². The lowest BCUT2D eigenvalue weighted by Crippen LogP contribution is -2.24. The molecule has 7 nitrogen and oxygen atoms in total. The van der Waals surface area contributed by atoms with Gasteiger partial charge in [-0.1, -0.05) is 29.5 Å². The maximum absolute atomic E-state index is 9.09. The molecule has 30 heavy (non-hydrogen) atoms. The van der Waals surface area contributed by atoms with Crippen LogP contribution in [0.4, 0.5) is 16.8 Å². The van der Waals surface area contributed by atoms with Crippen molar-refractivity contribution in [3.63, 3.8) is 0 Å². The summed E-state index contributed by atoms with van der Waals surface area (Å²) in [6, 6.07) is 10.5. The summed E-state index contributed by atoms with van der Waals surface area (Å²) < 4.78 is 5.61. The molecule has 2 fully saturated rings. The molecule has 2 aliphatic rings. The van der Waals surface area contributed by atoms with Gasteiger partial charge >= 0.3 is 0 Å². The third kappa shape index (κ3) is 3.57. The second-order valence-corrected chi connectivity index (χ2v) is 8.63. The van der Waals surface area contributed by atoms with Crippen LogP contribution in [0.5, 0.6) is 5.75 Å². The van der Waals surface area contributed by atoms with E-state index >= 15 is 0 Å². The summed E-state index contributed by atoms with van der Waals surface area (Å²) in [5.41, 5.74) is 2.17. The highest BCUT2D eigenvalue weighted by atomic mass is 32.1. The molecular weight excluding hydrogens is 396 g/mol. The van der Waals surface area contributed by atoms with Gasteiger partial charge in [0.2, 0.25) is 0 Å². The van der Waals surface area contributed by atoms with Gasteiger partial charge in [0.15, 0.2) is 10.9 Å². The zero-order valence-corrected chi connectivity index (χ0v) is 17.5. The Balaban J connectivity index is 1.48. The fourth-order valence-corrected chi connectivity index (χ4v) is 4.68. The van der Waals surface area contributed by atoms with Gasteiger partial charge in [0.1, 0.15) is 22.5 Å². The van der Waals surface area contributed by atoms with E-state index in [0.717, 1.165) is 55.3 Å². The number of thiazole rings is 1. The Bertz CT molecular complexity index is 1100.